The number of carbonyl (C=O) groups is 4. The monoisotopic (exact) mass is 981 g/mol. The van der Waals surface area contributed by atoms with E-state index in [9.17, 15) is 34.7 Å². The quantitative estimate of drug-likeness (QED) is 0.0717. The first-order valence-electron chi connectivity index (χ1n) is 24.2. The van der Waals surface area contributed by atoms with Crippen molar-refractivity contribution in [1.29, 1.82) is 5.26 Å². The van der Waals surface area contributed by atoms with Gasteiger partial charge in [-0.05, 0) is 124 Å². The van der Waals surface area contributed by atoms with Gasteiger partial charge in [-0.1, -0.05) is 19.3 Å². The summed E-state index contributed by atoms with van der Waals surface area (Å²) in [4.78, 5) is 75.4. The molecule has 8 rings (SSSR count). The molecule has 2 aliphatic heterocycles. The second kappa shape index (κ2) is 21.2. The molecule has 69 heavy (non-hydrogen) atoms. The molecule has 4 aromatic rings. The number of hydrogen-bond donors (Lipinski definition) is 6. The molecule has 6 N–H and O–H groups in total. The normalized spacial score (nSPS) is 19.0. The summed E-state index contributed by atoms with van der Waals surface area (Å²) in [6.07, 6.45) is 15.1. The third kappa shape index (κ3) is 13.0. The highest BCUT2D eigenvalue weighted by Crippen LogP contribution is 2.40. The second-order valence-electron chi connectivity index (χ2n) is 20.6. The van der Waals surface area contributed by atoms with Crippen LogP contribution in [0.2, 0.25) is 0 Å². The summed E-state index contributed by atoms with van der Waals surface area (Å²) in [6, 6.07) is 6.47. The molecule has 0 unspecified atom stereocenters. The number of nitriles is 1. The molecule has 4 aromatic heterocycles. The minimum Gasteiger partial charge on any atom is -0.389 e. The lowest BCUT2D eigenvalue weighted by atomic mass is 9.95. The maximum Gasteiger partial charge on any atom is 0.280 e. The first-order valence-corrected chi connectivity index (χ1v) is 25.8. The molecule has 0 bridgehead atoms. The van der Waals surface area contributed by atoms with E-state index in [1.54, 1.807) is 51.1 Å². The number of carbonyl (C=O) groups excluding carboxylic acids is 4. The topological polar surface area (TPSA) is 239 Å². The number of aliphatic hydroxyl groups is 2. The first-order chi connectivity index (χ1) is 32.6. The van der Waals surface area contributed by atoms with Crippen molar-refractivity contribution in [1.82, 2.24) is 40.4 Å². The van der Waals surface area contributed by atoms with E-state index in [-0.39, 0.29) is 58.2 Å². The fourth-order valence-corrected chi connectivity index (χ4v) is 10.7. The number of likely N-dealkylation sites (tertiary alicyclic amines) is 2. The van der Waals surface area contributed by atoms with Crippen LogP contribution in [0, 0.1) is 18.3 Å². The van der Waals surface area contributed by atoms with Gasteiger partial charge in [-0.15, -0.1) is 22.7 Å². The van der Waals surface area contributed by atoms with Crippen LogP contribution < -0.4 is 21.3 Å². The number of nitrogens with one attached hydrogen (secondary N) is 4. The van der Waals surface area contributed by atoms with E-state index in [0.717, 1.165) is 92.5 Å². The van der Waals surface area contributed by atoms with E-state index < -0.39 is 23.0 Å². The van der Waals surface area contributed by atoms with Gasteiger partial charge in [0.05, 0.1) is 26.5 Å². The van der Waals surface area contributed by atoms with Crippen LogP contribution in [0.25, 0.3) is 20.9 Å². The van der Waals surface area contributed by atoms with Gasteiger partial charge in [-0.2, -0.15) is 5.26 Å². The Kier molecular flexibility index (Phi) is 15.8. The maximum absolute atomic E-state index is 13.5. The average molecular weight is 982 g/mol. The molecule has 4 amide bonds. The lowest BCUT2D eigenvalue weighted by Gasteiger charge is -2.23. The van der Waals surface area contributed by atoms with Crippen LogP contribution in [-0.2, 0) is 0 Å². The van der Waals surface area contributed by atoms with Gasteiger partial charge in [0.25, 0.3) is 23.6 Å². The number of amides is 4. The van der Waals surface area contributed by atoms with E-state index in [4.69, 9.17) is 0 Å². The molecule has 2 atom stereocenters. The van der Waals surface area contributed by atoms with Gasteiger partial charge in [-0.25, -0.2) is 19.9 Å². The SMILES string of the molecule is C[C@H]1CCCN1C(=O)c1nc(C(=O)NCC(C)(C)O)sc1-c1cnc(NC2CCCCC2)c(C#N)c1.Cc1cc(NC2(C)CC2)ncc1-c1sc(C(=O)NCC(C)(C)O)nc1C(=O)N1CCC[C@@H]1C. The number of pyridine rings is 2. The van der Waals surface area contributed by atoms with Gasteiger partial charge in [0.2, 0.25) is 0 Å². The summed E-state index contributed by atoms with van der Waals surface area (Å²) in [5.74, 6) is 0.116. The Bertz CT molecular complexity index is 2580. The number of aryl methyl sites for hydroxylation is 1. The summed E-state index contributed by atoms with van der Waals surface area (Å²) in [5.41, 5.74) is 1.23. The van der Waals surface area contributed by atoms with E-state index in [1.165, 1.54) is 17.8 Å². The number of thiazole rings is 2. The van der Waals surface area contributed by atoms with E-state index in [2.05, 4.69) is 54.2 Å². The molecule has 0 aromatic carbocycles. The Labute approximate surface area is 412 Å². The van der Waals surface area contributed by atoms with Gasteiger partial charge >= 0.3 is 0 Å². The third-order valence-corrected chi connectivity index (χ3v) is 15.2. The molecular formula is C50H67N11O6S2. The van der Waals surface area contributed by atoms with Gasteiger partial charge in [0.1, 0.15) is 29.1 Å². The van der Waals surface area contributed by atoms with Crippen LogP contribution in [0.1, 0.15) is 171 Å². The molecule has 6 heterocycles. The van der Waals surface area contributed by atoms with Gasteiger partial charge < -0.3 is 41.3 Å². The zero-order chi connectivity index (χ0) is 49.8. The molecule has 19 heteroatoms. The smallest absolute Gasteiger partial charge is 0.280 e. The molecule has 4 aliphatic rings. The Hall–Kier alpha value is -5.55. The Morgan fingerprint density at radius 2 is 1.32 bits per heavy atom. The number of hydrogen-bond acceptors (Lipinski definition) is 15. The van der Waals surface area contributed by atoms with E-state index in [1.807, 2.05) is 31.7 Å². The van der Waals surface area contributed by atoms with Crippen LogP contribution in [0.15, 0.2) is 24.5 Å². The van der Waals surface area contributed by atoms with Gasteiger partial charge in [0, 0.05) is 73.4 Å². The number of rotatable bonds is 14. The van der Waals surface area contributed by atoms with Crippen molar-refractivity contribution >= 4 is 57.9 Å². The molecule has 0 radical (unpaired) electrons. The zero-order valence-electron chi connectivity index (χ0n) is 41.1. The van der Waals surface area contributed by atoms with Crippen LogP contribution >= 0.6 is 22.7 Å². The van der Waals surface area contributed by atoms with Gasteiger partial charge in [0.15, 0.2) is 10.0 Å². The average Bonchev–Trinajstić information content (AvgIpc) is 3.83. The van der Waals surface area contributed by atoms with Gasteiger partial charge in [-0.3, -0.25) is 19.2 Å². The van der Waals surface area contributed by atoms with Crippen molar-refractivity contribution in [2.45, 2.75) is 161 Å². The predicted octanol–water partition coefficient (Wildman–Crippen LogP) is 7.55. The van der Waals surface area contributed by atoms with Crippen LogP contribution in [0.5, 0.6) is 0 Å². The number of aromatic nitrogens is 4. The lowest BCUT2D eigenvalue weighted by Crippen LogP contribution is -2.38. The summed E-state index contributed by atoms with van der Waals surface area (Å²) < 4.78 is 0. The van der Waals surface area contributed by atoms with Crippen molar-refractivity contribution < 1.29 is 29.4 Å². The van der Waals surface area contributed by atoms with Crippen molar-refractivity contribution in [3.8, 4) is 27.0 Å². The highest BCUT2D eigenvalue weighted by molar-refractivity contribution is 7.17. The molecule has 2 saturated carbocycles. The predicted molar refractivity (Wildman–Crippen MR) is 269 cm³/mol. The molecule has 4 fully saturated rings. The van der Waals surface area contributed by atoms with Crippen LogP contribution in [-0.4, -0.2) is 125 Å². The molecule has 17 nitrogen and oxygen atoms in total. The van der Waals surface area contributed by atoms with E-state index >= 15 is 0 Å². The first kappa shape index (κ1) is 51.3. The Morgan fingerprint density at radius 3 is 1.80 bits per heavy atom. The summed E-state index contributed by atoms with van der Waals surface area (Å²) >= 11 is 2.29. The summed E-state index contributed by atoms with van der Waals surface area (Å²) in [7, 11) is 0. The van der Waals surface area contributed by atoms with Crippen molar-refractivity contribution in [2.75, 3.05) is 36.8 Å². The minimum absolute atomic E-state index is 0.0505. The fraction of sp³-hybridized carbons (Fsp3) is 0.580. The number of anilines is 2. The minimum atomic E-state index is -1.08. The summed E-state index contributed by atoms with van der Waals surface area (Å²) in [6.45, 7) is 16.1. The molecule has 2 saturated heterocycles. The van der Waals surface area contributed by atoms with Crippen LogP contribution in [0.3, 0.4) is 0 Å². The summed E-state index contributed by atoms with van der Waals surface area (Å²) in [5, 5.41) is 42.4. The van der Waals surface area contributed by atoms with E-state index in [0.29, 0.717) is 51.5 Å². The fourth-order valence-electron chi connectivity index (χ4n) is 8.70. The second-order valence-corrected chi connectivity index (χ2v) is 22.6. The number of nitrogens with zero attached hydrogens (tertiary/aromatic N) is 7. The largest absolute Gasteiger partial charge is 0.389 e. The van der Waals surface area contributed by atoms with Crippen molar-refractivity contribution in [3.05, 3.63) is 57.1 Å². The third-order valence-electron chi connectivity index (χ3n) is 13.0. The Balaban J connectivity index is 0.000000205. The van der Waals surface area contributed by atoms with Crippen molar-refractivity contribution in [3.63, 3.8) is 0 Å². The highest BCUT2D eigenvalue weighted by Gasteiger charge is 2.38. The Morgan fingerprint density at radius 1 is 0.783 bits per heavy atom. The molecule has 370 valence electrons. The molecule has 0 spiro atoms. The maximum atomic E-state index is 13.5. The lowest BCUT2D eigenvalue weighted by molar-refractivity contribution is 0.0692. The highest BCUT2D eigenvalue weighted by atomic mass is 32.1. The zero-order valence-corrected chi connectivity index (χ0v) is 42.8. The van der Waals surface area contributed by atoms with Crippen molar-refractivity contribution in [2.24, 2.45) is 0 Å². The molecule has 2 aliphatic carbocycles. The molecular weight excluding hydrogens is 915 g/mol. The standard InChI is InChI=1S/C26H34N6O3S.C24H33N5O3S/c1-16-8-7-11-32(16)25(34)20-21(36-24(31-20)23(33)29-15-26(2,3)35)18-12-17(13-27)22(28-14-18)30-19-9-5-4-6-10-19;1-14-11-17(28-24(5)8-9-24)25-12-16(14)19-18(22(31)29-10-6-7-15(29)2)27-21(33-19)20(30)26-13-23(3,4)32/h12,14,16,19,35H,4-11,15H2,1-3H3,(H,28,30)(H,29,33);11-12,15,32H,6-10,13H2,1-5H3,(H,25,28)(H,26,30)/t16-;15-/m00/s1. The van der Waals surface area contributed by atoms with Crippen LogP contribution in [0.4, 0.5) is 11.6 Å².